The Hall–Kier alpha value is 1.56. The maximum atomic E-state index is 6.32. The van der Waals surface area contributed by atoms with E-state index in [-0.39, 0.29) is 45.9 Å². The molecule has 0 aliphatic heterocycles. The first-order chi connectivity index (χ1) is 10.5. The highest BCUT2D eigenvalue weighted by molar-refractivity contribution is 7.69. The molecule has 0 nitrogen and oxygen atoms in total. The van der Waals surface area contributed by atoms with Gasteiger partial charge >= 0.3 is 6.00 Å². The number of rotatable bonds is 2. The van der Waals surface area contributed by atoms with Gasteiger partial charge in [0, 0.05) is 16.3 Å². The third kappa shape index (κ3) is 3.96. The van der Waals surface area contributed by atoms with Crippen LogP contribution in [0.5, 0.6) is 0 Å². The molecule has 0 unspecified atom stereocenters. The molecule has 2 aromatic carbocycles. The molecule has 0 aliphatic carbocycles. The van der Waals surface area contributed by atoms with E-state index in [1.54, 1.807) is 6.07 Å². The van der Waals surface area contributed by atoms with Crippen LogP contribution in [0.4, 0.5) is 0 Å². The second kappa shape index (κ2) is 7.66. The summed E-state index contributed by atoms with van der Waals surface area (Å²) in [5, 5.41) is 0.787. The van der Waals surface area contributed by atoms with Crippen molar-refractivity contribution in [3.63, 3.8) is 0 Å². The molecule has 23 heavy (non-hydrogen) atoms. The van der Waals surface area contributed by atoms with Crippen molar-refractivity contribution in [1.29, 1.82) is 0 Å². The molecule has 0 amide bonds. The van der Waals surface area contributed by atoms with Gasteiger partial charge < -0.3 is 0 Å². The van der Waals surface area contributed by atoms with Crippen LogP contribution in [-0.4, -0.2) is 6.00 Å². The maximum Gasteiger partial charge on any atom is 0.376 e. The minimum Gasteiger partial charge on any atom is -0.121 e. The fourth-order valence-corrected chi connectivity index (χ4v) is 7.85. The zero-order valence-corrected chi connectivity index (χ0v) is 19.0. The highest BCUT2D eigenvalue weighted by Crippen LogP contribution is 2.48. The third-order valence-corrected chi connectivity index (χ3v) is 8.94. The van der Waals surface area contributed by atoms with Gasteiger partial charge in [-0.1, -0.05) is 87.3 Å². The van der Waals surface area contributed by atoms with Crippen molar-refractivity contribution in [3.8, 4) is 11.1 Å². The lowest BCUT2D eigenvalue weighted by molar-refractivity contribution is 1.62. The van der Waals surface area contributed by atoms with Crippen LogP contribution in [-0.2, 0) is 0 Å². The first kappa shape index (κ1) is 20.9. The van der Waals surface area contributed by atoms with Crippen molar-refractivity contribution in [3.05, 3.63) is 47.3 Å². The minimum atomic E-state index is -3.44. The third-order valence-electron chi connectivity index (χ3n) is 2.85. The summed E-state index contributed by atoms with van der Waals surface area (Å²) >= 11 is 61.3. The van der Waals surface area contributed by atoms with E-state index in [1.807, 2.05) is 0 Å². The van der Waals surface area contributed by atoms with Gasteiger partial charge in [-0.2, -0.15) is 0 Å². The first-order valence-corrected chi connectivity index (χ1v) is 13.2. The lowest BCUT2D eigenvalue weighted by atomic mass is 10.1. The molecule has 0 atom stereocenters. The van der Waals surface area contributed by atoms with E-state index in [0.29, 0.717) is 5.56 Å². The van der Waals surface area contributed by atoms with E-state index in [0.717, 1.165) is 0 Å². The normalized spacial score (nSPS) is 11.9. The predicted octanol–water partition coefficient (Wildman–Crippen LogP) is 8.79. The van der Waals surface area contributed by atoms with Crippen LogP contribution in [0, 0.1) is 0 Å². The van der Waals surface area contributed by atoms with Crippen LogP contribution in [0.3, 0.4) is 0 Å². The van der Waals surface area contributed by atoms with Gasteiger partial charge in [0.1, 0.15) is 0 Å². The van der Waals surface area contributed by atoms with E-state index in [1.165, 1.54) is 6.07 Å². The topological polar surface area (TPSA) is 0 Å². The van der Waals surface area contributed by atoms with E-state index >= 15 is 0 Å². The molecule has 2 aromatic rings. The molecule has 0 aromatic heterocycles. The summed E-state index contributed by atoms with van der Waals surface area (Å²) in [4.78, 5) is 0. The molecule has 0 saturated heterocycles. The standard InChI is InChI=1S/C12H2Cl10Si/c13-4-2-1-3(6(14)7(4)15)5-8(16)10(18)12(23(20,21)22)11(19)9(5)17/h1-2H. The quantitative estimate of drug-likeness (QED) is 0.158. The van der Waals surface area contributed by atoms with Crippen molar-refractivity contribution in [2.75, 3.05) is 0 Å². The largest absolute Gasteiger partial charge is 0.376 e. The Bertz CT molecular complexity index is 767. The van der Waals surface area contributed by atoms with Crippen LogP contribution < -0.4 is 5.19 Å². The number of hydrogen-bond acceptors (Lipinski definition) is 0. The average molecular weight is 529 g/mol. The smallest absolute Gasteiger partial charge is 0.121 e. The van der Waals surface area contributed by atoms with E-state index < -0.39 is 6.00 Å². The molecule has 0 radical (unpaired) electrons. The average Bonchev–Trinajstić information content (AvgIpc) is 2.44. The van der Waals surface area contributed by atoms with Crippen LogP contribution >= 0.6 is 114 Å². The summed E-state index contributed by atoms with van der Waals surface area (Å²) in [6.07, 6.45) is 0. The van der Waals surface area contributed by atoms with Gasteiger partial charge in [0.25, 0.3) is 0 Å². The highest BCUT2D eigenvalue weighted by atomic mass is 35.8. The van der Waals surface area contributed by atoms with Gasteiger partial charge in [0.15, 0.2) is 0 Å². The zero-order chi connectivity index (χ0) is 17.7. The van der Waals surface area contributed by atoms with Crippen molar-refractivity contribution in [2.45, 2.75) is 0 Å². The summed E-state index contributed by atoms with van der Waals surface area (Å²) in [6, 6.07) is -0.314. The Balaban J connectivity index is 2.89. The number of hydrogen-bond donors (Lipinski definition) is 0. The van der Waals surface area contributed by atoms with Gasteiger partial charge in [0.2, 0.25) is 0 Å². The molecule has 11 heteroatoms. The molecule has 124 valence electrons. The molecule has 0 fully saturated rings. The van der Waals surface area contributed by atoms with E-state index in [2.05, 4.69) is 0 Å². The predicted molar refractivity (Wildman–Crippen MR) is 110 cm³/mol. The SMILES string of the molecule is Clc1ccc(-c2c(Cl)c(Cl)c([Si](Cl)(Cl)Cl)c(Cl)c2Cl)c(Cl)c1Cl. The van der Waals surface area contributed by atoms with Gasteiger partial charge in [-0.15, -0.1) is 33.2 Å². The van der Waals surface area contributed by atoms with Gasteiger partial charge in [-0.05, 0) is 6.07 Å². The Labute approximate surface area is 182 Å². The molecule has 0 bridgehead atoms. The Morgan fingerprint density at radius 3 is 1.48 bits per heavy atom. The molecule has 2 rings (SSSR count). The Morgan fingerprint density at radius 1 is 0.565 bits per heavy atom. The van der Waals surface area contributed by atoms with Gasteiger partial charge in [-0.25, -0.2) is 0 Å². The second-order valence-corrected chi connectivity index (χ2v) is 15.2. The fraction of sp³-hybridized carbons (Fsp3) is 0. The van der Waals surface area contributed by atoms with Gasteiger partial charge in [-0.3, -0.25) is 0 Å². The van der Waals surface area contributed by atoms with E-state index in [4.69, 9.17) is 114 Å². The number of halogens is 10. The Kier molecular flexibility index (Phi) is 6.95. The summed E-state index contributed by atoms with van der Waals surface area (Å²) in [7, 11) is 0. The van der Waals surface area contributed by atoms with Crippen molar-refractivity contribution in [1.82, 2.24) is 0 Å². The molecular formula is C12H2Cl10Si. The summed E-state index contributed by atoms with van der Waals surface area (Å²) in [5.41, 5.74) is 0.677. The fourth-order valence-electron chi connectivity index (χ4n) is 1.84. The van der Waals surface area contributed by atoms with Gasteiger partial charge in [0.05, 0.1) is 35.2 Å². The Morgan fingerprint density at radius 2 is 1.04 bits per heavy atom. The molecular weight excluding hydrogens is 527 g/mol. The molecule has 0 N–H and O–H groups in total. The molecule has 0 aliphatic rings. The lowest BCUT2D eigenvalue weighted by Crippen LogP contribution is -2.33. The van der Waals surface area contributed by atoms with Crippen molar-refractivity contribution >= 4 is 126 Å². The summed E-state index contributed by atoms with van der Waals surface area (Å²) in [6.45, 7) is 0. The molecule has 0 spiro atoms. The summed E-state index contributed by atoms with van der Waals surface area (Å²) < 4.78 is 0. The lowest BCUT2D eigenvalue weighted by Gasteiger charge is -2.19. The minimum absolute atomic E-state index is 0.00451. The van der Waals surface area contributed by atoms with Crippen LogP contribution in [0.2, 0.25) is 35.2 Å². The second-order valence-electron chi connectivity index (χ2n) is 4.23. The van der Waals surface area contributed by atoms with Crippen LogP contribution in [0.25, 0.3) is 11.1 Å². The monoisotopic (exact) mass is 524 g/mol. The van der Waals surface area contributed by atoms with Crippen molar-refractivity contribution < 1.29 is 0 Å². The first-order valence-electron chi connectivity index (χ1n) is 5.55. The molecule has 0 heterocycles. The summed E-state index contributed by atoms with van der Waals surface area (Å²) in [5.74, 6) is 0. The van der Waals surface area contributed by atoms with Crippen LogP contribution in [0.15, 0.2) is 12.1 Å². The van der Waals surface area contributed by atoms with E-state index in [9.17, 15) is 0 Å². The molecule has 0 saturated carbocycles. The zero-order valence-electron chi connectivity index (χ0n) is 10.4. The van der Waals surface area contributed by atoms with Crippen LogP contribution in [0.1, 0.15) is 0 Å². The number of benzene rings is 2. The maximum absolute atomic E-state index is 6.32. The van der Waals surface area contributed by atoms with Crippen molar-refractivity contribution in [2.24, 2.45) is 0 Å². The highest BCUT2D eigenvalue weighted by Gasteiger charge is 2.37.